The third-order valence-corrected chi connectivity index (χ3v) is 6.15. The maximum atomic E-state index is 14.7. The number of rotatable bonds is 4. The van der Waals surface area contributed by atoms with E-state index < -0.39 is 0 Å². The first kappa shape index (κ1) is 21.1. The number of halogens is 2. The van der Waals surface area contributed by atoms with Crippen molar-refractivity contribution in [1.82, 2.24) is 9.47 Å². The number of para-hydroxylation sites is 1. The van der Waals surface area contributed by atoms with E-state index >= 15 is 0 Å². The Morgan fingerprint density at radius 1 is 1.06 bits per heavy atom. The van der Waals surface area contributed by atoms with E-state index in [2.05, 4.69) is 0 Å². The number of piperidine rings is 1. The lowest BCUT2D eigenvalue weighted by Gasteiger charge is -2.30. The molecule has 2 amide bonds. The van der Waals surface area contributed by atoms with Crippen molar-refractivity contribution in [2.45, 2.75) is 19.8 Å². The van der Waals surface area contributed by atoms with E-state index in [-0.39, 0.29) is 23.5 Å². The molecule has 31 heavy (non-hydrogen) atoms. The van der Waals surface area contributed by atoms with Gasteiger partial charge in [0.2, 0.25) is 5.91 Å². The van der Waals surface area contributed by atoms with Crippen LogP contribution in [0.2, 0.25) is 5.02 Å². The average molecular weight is 440 g/mol. The topological polar surface area (TPSA) is 68.3 Å². The van der Waals surface area contributed by atoms with Crippen LogP contribution in [0.4, 0.5) is 4.39 Å². The Morgan fingerprint density at radius 2 is 1.71 bits per heavy atom. The number of likely N-dealkylation sites (tertiary alicyclic amines) is 1. The van der Waals surface area contributed by atoms with Crippen molar-refractivity contribution >= 4 is 23.4 Å². The van der Waals surface area contributed by atoms with Crippen molar-refractivity contribution < 1.29 is 14.0 Å². The van der Waals surface area contributed by atoms with Crippen LogP contribution in [-0.4, -0.2) is 34.4 Å². The molecule has 2 N–H and O–H groups in total. The highest BCUT2D eigenvalue weighted by molar-refractivity contribution is 6.30. The monoisotopic (exact) mass is 439 g/mol. The Hall–Kier alpha value is -3.12. The SMILES string of the molecule is Cc1c(C(=O)N2CCC(C(N)=O)CC2)cc(-c2ccc(Cl)cc2)n1-c1ccccc1F. The van der Waals surface area contributed by atoms with E-state index in [0.717, 1.165) is 5.56 Å². The summed E-state index contributed by atoms with van der Waals surface area (Å²) in [5, 5.41) is 0.595. The number of carbonyl (C=O) groups is 2. The lowest BCUT2D eigenvalue weighted by Crippen LogP contribution is -2.41. The van der Waals surface area contributed by atoms with Crippen LogP contribution < -0.4 is 5.73 Å². The summed E-state index contributed by atoms with van der Waals surface area (Å²) >= 11 is 6.04. The van der Waals surface area contributed by atoms with Gasteiger partial charge < -0.3 is 15.2 Å². The highest BCUT2D eigenvalue weighted by Crippen LogP contribution is 2.32. The summed E-state index contributed by atoms with van der Waals surface area (Å²) < 4.78 is 16.5. The lowest BCUT2D eigenvalue weighted by atomic mass is 9.96. The molecular weight excluding hydrogens is 417 g/mol. The molecule has 1 aromatic heterocycles. The maximum Gasteiger partial charge on any atom is 0.255 e. The van der Waals surface area contributed by atoms with E-state index in [1.165, 1.54) is 6.07 Å². The molecule has 3 aromatic rings. The average Bonchev–Trinajstić information content (AvgIpc) is 3.11. The molecule has 1 saturated heterocycles. The summed E-state index contributed by atoms with van der Waals surface area (Å²) in [5.74, 6) is -1.03. The molecule has 2 aromatic carbocycles. The second kappa shape index (κ2) is 8.55. The van der Waals surface area contributed by atoms with Gasteiger partial charge in [0.05, 0.1) is 16.9 Å². The van der Waals surface area contributed by atoms with Gasteiger partial charge in [-0.2, -0.15) is 0 Å². The molecular formula is C24H23ClFN3O2. The zero-order valence-electron chi connectivity index (χ0n) is 17.1. The van der Waals surface area contributed by atoms with Crippen molar-refractivity contribution in [3.05, 3.63) is 76.7 Å². The molecule has 7 heteroatoms. The summed E-state index contributed by atoms with van der Waals surface area (Å²) in [6, 6.07) is 15.5. The predicted molar refractivity (Wildman–Crippen MR) is 119 cm³/mol. The van der Waals surface area contributed by atoms with E-state index in [0.29, 0.717) is 53.6 Å². The van der Waals surface area contributed by atoms with Crippen molar-refractivity contribution in [2.75, 3.05) is 13.1 Å². The van der Waals surface area contributed by atoms with Crippen LogP contribution in [0.15, 0.2) is 54.6 Å². The minimum atomic E-state index is -0.377. The fraction of sp³-hybridized carbons (Fsp3) is 0.250. The van der Waals surface area contributed by atoms with Gasteiger partial charge in [0.15, 0.2) is 0 Å². The molecule has 1 aliphatic heterocycles. The first-order valence-electron chi connectivity index (χ1n) is 10.2. The molecule has 0 spiro atoms. The quantitative estimate of drug-likeness (QED) is 0.646. The van der Waals surface area contributed by atoms with Crippen molar-refractivity contribution in [3.8, 4) is 16.9 Å². The van der Waals surface area contributed by atoms with Gasteiger partial charge in [-0.3, -0.25) is 9.59 Å². The van der Waals surface area contributed by atoms with Crippen molar-refractivity contribution in [3.63, 3.8) is 0 Å². The number of hydrogen-bond donors (Lipinski definition) is 1. The number of amides is 2. The second-order valence-corrected chi connectivity index (χ2v) is 8.23. The maximum absolute atomic E-state index is 14.7. The molecule has 0 radical (unpaired) electrons. The third-order valence-electron chi connectivity index (χ3n) is 5.90. The smallest absolute Gasteiger partial charge is 0.255 e. The van der Waals surface area contributed by atoms with Gasteiger partial charge in [0.1, 0.15) is 5.82 Å². The van der Waals surface area contributed by atoms with Crippen molar-refractivity contribution in [2.24, 2.45) is 11.7 Å². The Bertz CT molecular complexity index is 1130. The summed E-state index contributed by atoms with van der Waals surface area (Å²) in [5.41, 5.74) is 8.46. The zero-order chi connectivity index (χ0) is 22.1. The number of hydrogen-bond acceptors (Lipinski definition) is 2. The standard InChI is InChI=1S/C24H23ClFN3O2/c1-15-19(24(31)28-12-10-17(11-13-28)23(27)30)14-22(16-6-8-18(25)9-7-16)29(15)21-5-3-2-4-20(21)26/h2-9,14,17H,10-13H2,1H3,(H2,27,30). The molecule has 0 bridgehead atoms. The molecule has 1 fully saturated rings. The largest absolute Gasteiger partial charge is 0.369 e. The van der Waals surface area contributed by atoms with Crippen molar-refractivity contribution in [1.29, 1.82) is 0 Å². The number of primary amides is 1. The fourth-order valence-corrected chi connectivity index (χ4v) is 4.26. The molecule has 0 atom stereocenters. The molecule has 2 heterocycles. The van der Waals surface area contributed by atoms with Gasteiger partial charge >= 0.3 is 0 Å². The highest BCUT2D eigenvalue weighted by atomic mass is 35.5. The number of nitrogens with two attached hydrogens (primary N) is 1. The second-order valence-electron chi connectivity index (χ2n) is 7.79. The van der Waals surface area contributed by atoms with Crippen LogP contribution >= 0.6 is 11.6 Å². The normalized spacial score (nSPS) is 14.6. The summed E-state index contributed by atoms with van der Waals surface area (Å²) in [6.07, 6.45) is 1.11. The third kappa shape index (κ3) is 4.08. The predicted octanol–water partition coefficient (Wildman–Crippen LogP) is 4.58. The van der Waals surface area contributed by atoms with Gasteiger partial charge in [-0.05, 0) is 55.7 Å². The Balaban J connectivity index is 1.77. The van der Waals surface area contributed by atoms with Gasteiger partial charge in [0, 0.05) is 29.7 Å². The van der Waals surface area contributed by atoms with E-state index in [4.69, 9.17) is 17.3 Å². The molecule has 5 nitrogen and oxygen atoms in total. The number of nitrogens with zero attached hydrogens (tertiary/aromatic N) is 2. The Kier molecular flexibility index (Phi) is 5.83. The van der Waals surface area contributed by atoms with E-state index in [1.54, 1.807) is 45.9 Å². The van der Waals surface area contributed by atoms with E-state index in [1.807, 2.05) is 19.1 Å². The summed E-state index contributed by atoms with van der Waals surface area (Å²) in [4.78, 5) is 26.5. The van der Waals surface area contributed by atoms with Gasteiger partial charge in [-0.15, -0.1) is 0 Å². The zero-order valence-corrected chi connectivity index (χ0v) is 17.9. The molecule has 0 saturated carbocycles. The minimum absolute atomic E-state index is 0.134. The first-order chi connectivity index (χ1) is 14.9. The van der Waals surface area contributed by atoms with Crippen LogP contribution in [0.5, 0.6) is 0 Å². The molecule has 1 aliphatic rings. The van der Waals surface area contributed by atoms with Gasteiger partial charge in [0.25, 0.3) is 5.91 Å². The van der Waals surface area contributed by atoms with Crippen LogP contribution in [0.3, 0.4) is 0 Å². The number of carbonyl (C=O) groups excluding carboxylic acids is 2. The lowest BCUT2D eigenvalue weighted by molar-refractivity contribution is -0.123. The Morgan fingerprint density at radius 3 is 2.32 bits per heavy atom. The fourth-order valence-electron chi connectivity index (χ4n) is 4.14. The van der Waals surface area contributed by atoms with Gasteiger partial charge in [-0.25, -0.2) is 4.39 Å². The Labute approximate surface area is 185 Å². The minimum Gasteiger partial charge on any atom is -0.369 e. The molecule has 0 unspecified atom stereocenters. The molecule has 160 valence electrons. The summed E-state index contributed by atoms with van der Waals surface area (Å²) in [6.45, 7) is 2.75. The van der Waals surface area contributed by atoms with Crippen LogP contribution in [0.25, 0.3) is 16.9 Å². The first-order valence-corrected chi connectivity index (χ1v) is 10.6. The highest BCUT2D eigenvalue weighted by Gasteiger charge is 2.29. The van der Waals surface area contributed by atoms with E-state index in [9.17, 15) is 14.0 Å². The van der Waals surface area contributed by atoms with Crippen LogP contribution in [0, 0.1) is 18.7 Å². The van der Waals surface area contributed by atoms with Crippen LogP contribution in [-0.2, 0) is 4.79 Å². The molecule has 0 aliphatic carbocycles. The number of aromatic nitrogens is 1. The number of benzene rings is 2. The molecule has 4 rings (SSSR count). The van der Waals surface area contributed by atoms with Crippen LogP contribution in [0.1, 0.15) is 28.9 Å². The summed E-state index contributed by atoms with van der Waals surface area (Å²) in [7, 11) is 0. The van der Waals surface area contributed by atoms with Gasteiger partial charge in [-0.1, -0.05) is 35.9 Å².